The average molecular weight is 406 g/mol. The van der Waals surface area contributed by atoms with E-state index in [1.807, 2.05) is 39.0 Å². The largest absolute Gasteiger partial charge is 0.444 e. The normalized spacial score (nSPS) is 12.8. The maximum absolute atomic E-state index is 11.9. The Morgan fingerprint density at radius 2 is 2.09 bits per heavy atom. The highest BCUT2D eigenvalue weighted by Crippen LogP contribution is 2.21. The van der Waals surface area contributed by atoms with E-state index in [4.69, 9.17) is 16.3 Å². The fourth-order valence-corrected chi connectivity index (χ4v) is 2.66. The van der Waals surface area contributed by atoms with Gasteiger partial charge in [-0.3, -0.25) is 0 Å². The van der Waals surface area contributed by atoms with Crippen LogP contribution < -0.4 is 5.32 Å². The third-order valence-electron chi connectivity index (χ3n) is 3.11. The van der Waals surface area contributed by atoms with Crippen LogP contribution in [0.3, 0.4) is 0 Å². The average Bonchev–Trinajstić information content (AvgIpc) is 2.40. The monoisotopic (exact) mass is 404 g/mol. The molecule has 0 radical (unpaired) electrons. The van der Waals surface area contributed by atoms with Crippen molar-refractivity contribution in [2.75, 3.05) is 20.1 Å². The highest BCUT2D eigenvalue weighted by molar-refractivity contribution is 9.10. The fourth-order valence-electron chi connectivity index (χ4n) is 2.08. The van der Waals surface area contributed by atoms with Crippen LogP contribution in [0.5, 0.6) is 0 Å². The number of halogens is 2. The summed E-state index contributed by atoms with van der Waals surface area (Å²) in [5, 5.41) is 4.12. The number of nitrogens with zero attached hydrogens (tertiary/aromatic N) is 1. The van der Waals surface area contributed by atoms with Crippen LogP contribution in [0.25, 0.3) is 0 Å². The molecule has 1 atom stereocenters. The van der Waals surface area contributed by atoms with Gasteiger partial charge in [0.25, 0.3) is 0 Å². The first-order valence-electron chi connectivity index (χ1n) is 7.67. The zero-order valence-corrected chi connectivity index (χ0v) is 16.8. The number of hydrogen-bond donors (Lipinski definition) is 1. The summed E-state index contributed by atoms with van der Waals surface area (Å²) in [6.45, 7) is 9.86. The molecular weight excluding hydrogens is 380 g/mol. The van der Waals surface area contributed by atoms with Crippen molar-refractivity contribution in [1.82, 2.24) is 10.2 Å². The molecule has 1 unspecified atom stereocenters. The van der Waals surface area contributed by atoms with E-state index in [9.17, 15) is 4.79 Å². The molecule has 0 aliphatic heterocycles. The number of amides is 1. The molecule has 0 fully saturated rings. The molecule has 23 heavy (non-hydrogen) atoms. The quantitative estimate of drug-likeness (QED) is 0.746. The van der Waals surface area contributed by atoms with Crippen LogP contribution in [0.1, 0.15) is 33.3 Å². The number of ether oxygens (including phenoxy) is 1. The maximum atomic E-state index is 11.9. The molecule has 0 aliphatic carbocycles. The lowest BCUT2D eigenvalue weighted by atomic mass is 10.1. The molecule has 0 saturated heterocycles. The maximum Gasteiger partial charge on any atom is 0.410 e. The minimum absolute atomic E-state index is 0.290. The van der Waals surface area contributed by atoms with Crippen LogP contribution >= 0.6 is 27.5 Å². The van der Waals surface area contributed by atoms with Crippen molar-refractivity contribution in [2.24, 2.45) is 5.92 Å². The molecule has 0 heterocycles. The van der Waals surface area contributed by atoms with Gasteiger partial charge in [-0.25, -0.2) is 4.79 Å². The number of hydrogen-bond acceptors (Lipinski definition) is 3. The van der Waals surface area contributed by atoms with Crippen LogP contribution in [0, 0.1) is 5.92 Å². The molecule has 0 aliphatic rings. The Morgan fingerprint density at radius 3 is 2.70 bits per heavy atom. The SMILES string of the molecule is CC(CNCc1cc(Cl)ccc1Br)CN(C)C(=O)OC(C)(C)C. The van der Waals surface area contributed by atoms with E-state index >= 15 is 0 Å². The van der Waals surface area contributed by atoms with Gasteiger partial charge in [-0.05, 0) is 57.0 Å². The van der Waals surface area contributed by atoms with E-state index in [1.54, 1.807) is 11.9 Å². The molecule has 1 amide bonds. The Kier molecular flexibility index (Phi) is 7.84. The van der Waals surface area contributed by atoms with E-state index in [1.165, 1.54) is 0 Å². The van der Waals surface area contributed by atoms with Gasteiger partial charge < -0.3 is 15.0 Å². The first-order valence-corrected chi connectivity index (χ1v) is 8.84. The van der Waals surface area contributed by atoms with Gasteiger partial charge in [0, 0.05) is 29.6 Å². The summed E-state index contributed by atoms with van der Waals surface area (Å²) in [4.78, 5) is 13.6. The highest BCUT2D eigenvalue weighted by atomic mass is 79.9. The topological polar surface area (TPSA) is 41.6 Å². The molecule has 130 valence electrons. The molecule has 1 rings (SSSR count). The minimum Gasteiger partial charge on any atom is -0.444 e. The molecule has 0 saturated carbocycles. The van der Waals surface area contributed by atoms with E-state index in [0.29, 0.717) is 12.5 Å². The van der Waals surface area contributed by atoms with Crippen LogP contribution in [0.4, 0.5) is 4.79 Å². The van der Waals surface area contributed by atoms with Crippen molar-refractivity contribution >= 4 is 33.6 Å². The molecular formula is C17H26BrClN2O2. The first kappa shape index (κ1) is 20.3. The fraction of sp³-hybridized carbons (Fsp3) is 0.588. The lowest BCUT2D eigenvalue weighted by Crippen LogP contribution is -2.38. The molecule has 0 bridgehead atoms. The number of carbonyl (C=O) groups excluding carboxylic acids is 1. The summed E-state index contributed by atoms with van der Waals surface area (Å²) in [7, 11) is 1.76. The van der Waals surface area contributed by atoms with Gasteiger partial charge in [-0.15, -0.1) is 0 Å². The predicted molar refractivity (Wildman–Crippen MR) is 98.9 cm³/mol. The molecule has 6 heteroatoms. The second-order valence-electron chi connectivity index (χ2n) is 6.83. The molecule has 0 aromatic heterocycles. The summed E-state index contributed by atoms with van der Waals surface area (Å²) >= 11 is 9.52. The Bertz CT molecular complexity index is 532. The lowest BCUT2D eigenvalue weighted by Gasteiger charge is -2.26. The van der Waals surface area contributed by atoms with Crippen molar-refractivity contribution < 1.29 is 9.53 Å². The first-order chi connectivity index (χ1) is 10.6. The van der Waals surface area contributed by atoms with E-state index in [-0.39, 0.29) is 6.09 Å². The lowest BCUT2D eigenvalue weighted by molar-refractivity contribution is 0.0277. The van der Waals surface area contributed by atoms with Crippen molar-refractivity contribution in [3.05, 3.63) is 33.3 Å². The molecule has 1 N–H and O–H groups in total. The molecule has 0 spiro atoms. The van der Waals surface area contributed by atoms with Crippen molar-refractivity contribution in [3.8, 4) is 0 Å². The summed E-state index contributed by atoms with van der Waals surface area (Å²) in [5.41, 5.74) is 0.649. The third-order valence-corrected chi connectivity index (χ3v) is 4.12. The summed E-state index contributed by atoms with van der Waals surface area (Å²) in [5.74, 6) is 0.311. The van der Waals surface area contributed by atoms with Gasteiger partial charge in [0.2, 0.25) is 0 Å². The van der Waals surface area contributed by atoms with Crippen LogP contribution in [0.2, 0.25) is 5.02 Å². The smallest absolute Gasteiger partial charge is 0.410 e. The Morgan fingerprint density at radius 1 is 1.43 bits per heavy atom. The van der Waals surface area contributed by atoms with Crippen LogP contribution in [-0.4, -0.2) is 36.7 Å². The standard InChI is InChI=1S/C17H26BrClN2O2/c1-12(11-21(5)16(22)23-17(2,3)4)9-20-10-13-8-14(19)6-7-15(13)18/h6-8,12,20H,9-11H2,1-5H3. The number of carbonyl (C=O) groups is 1. The molecule has 4 nitrogen and oxygen atoms in total. The summed E-state index contributed by atoms with van der Waals surface area (Å²) in [6, 6.07) is 5.74. The molecule has 1 aromatic rings. The van der Waals surface area contributed by atoms with Crippen molar-refractivity contribution in [1.29, 1.82) is 0 Å². The number of nitrogens with one attached hydrogen (secondary N) is 1. The van der Waals surface area contributed by atoms with Gasteiger partial charge in [0.05, 0.1) is 0 Å². The Hall–Kier alpha value is -0.780. The minimum atomic E-state index is -0.467. The van der Waals surface area contributed by atoms with Gasteiger partial charge in [0.1, 0.15) is 5.60 Å². The number of rotatable bonds is 6. The Labute approximate surface area is 152 Å². The highest BCUT2D eigenvalue weighted by Gasteiger charge is 2.20. The predicted octanol–water partition coefficient (Wildman–Crippen LogP) is 4.70. The Balaban J connectivity index is 2.38. The van der Waals surface area contributed by atoms with E-state index in [0.717, 1.165) is 28.1 Å². The van der Waals surface area contributed by atoms with Gasteiger partial charge in [-0.1, -0.05) is 34.5 Å². The van der Waals surface area contributed by atoms with Crippen LogP contribution in [-0.2, 0) is 11.3 Å². The molecule has 1 aromatic carbocycles. The van der Waals surface area contributed by atoms with E-state index in [2.05, 4.69) is 28.2 Å². The second kappa shape index (κ2) is 8.90. The van der Waals surface area contributed by atoms with Crippen LogP contribution in [0.15, 0.2) is 22.7 Å². The van der Waals surface area contributed by atoms with Gasteiger partial charge >= 0.3 is 6.09 Å². The van der Waals surface area contributed by atoms with Gasteiger partial charge in [-0.2, -0.15) is 0 Å². The van der Waals surface area contributed by atoms with E-state index < -0.39 is 5.60 Å². The summed E-state index contributed by atoms with van der Waals surface area (Å²) in [6.07, 6.45) is -0.290. The number of benzene rings is 1. The summed E-state index contributed by atoms with van der Waals surface area (Å²) < 4.78 is 6.38. The van der Waals surface area contributed by atoms with Gasteiger partial charge in [0.15, 0.2) is 0 Å². The zero-order valence-electron chi connectivity index (χ0n) is 14.5. The zero-order chi connectivity index (χ0) is 17.6. The van der Waals surface area contributed by atoms with Crippen molar-refractivity contribution in [3.63, 3.8) is 0 Å². The van der Waals surface area contributed by atoms with Crippen molar-refractivity contribution in [2.45, 2.75) is 39.8 Å². The third kappa shape index (κ3) is 8.04. The second-order valence-corrected chi connectivity index (χ2v) is 8.12.